The zero-order chi connectivity index (χ0) is 2.00. The van der Waals surface area contributed by atoms with E-state index in [0.717, 1.165) is 0 Å². The van der Waals surface area contributed by atoms with Crippen LogP contribution in [0.4, 0.5) is 0 Å². The maximum Gasteiger partial charge on any atom is 0 e. The molecule has 0 aromatic heterocycles. The van der Waals surface area contributed by atoms with E-state index in [2.05, 4.69) is 0 Å². The van der Waals surface area contributed by atoms with E-state index in [4.69, 9.17) is 11.8 Å². The minimum atomic E-state index is 0. The van der Waals surface area contributed by atoms with Crippen molar-refractivity contribution in [1.82, 2.24) is 0 Å². The molecule has 27 valence electrons. The van der Waals surface area contributed by atoms with Crippen molar-refractivity contribution in [3.63, 3.8) is 0 Å². The predicted octanol–water partition coefficient (Wildman–Crippen LogP) is -0.731. The molecule has 1 radical (unpaired) electrons. The Morgan fingerprint density at radius 2 is 1.25 bits per heavy atom. The van der Waals surface area contributed by atoms with Crippen LogP contribution < -0.4 is 0 Å². The maximum absolute atomic E-state index is 6.25. The molecule has 4 heavy (non-hydrogen) atoms. The summed E-state index contributed by atoms with van der Waals surface area (Å²) in [4.78, 5) is 0. The quantitative estimate of drug-likeness (QED) is 0.373. The molecule has 0 aliphatic heterocycles. The molecule has 2 nitrogen and oxygen atoms in total. The summed E-state index contributed by atoms with van der Waals surface area (Å²) in [5, 5.41) is 6.25. The van der Waals surface area contributed by atoms with Crippen molar-refractivity contribution in [3.8, 4) is 0 Å². The van der Waals surface area contributed by atoms with Gasteiger partial charge in [-0.2, -0.15) is 0 Å². The van der Waals surface area contributed by atoms with E-state index in [1.165, 1.54) is 0 Å². The molecular formula is CH2CoNO-. The van der Waals surface area contributed by atoms with Gasteiger partial charge in [-0.25, -0.2) is 0 Å². The molecule has 0 aromatic rings. The first kappa shape index (κ1) is 37.8. The second-order valence-electron chi connectivity index (χ2n) is 0. The molecular weight excluding hydrogens is 101 g/mol. The molecule has 0 heterocycles. The van der Waals surface area contributed by atoms with Gasteiger partial charge in [-0.3, -0.25) is 0 Å². The van der Waals surface area contributed by atoms with E-state index >= 15 is 0 Å². The zero-order valence-corrected chi connectivity index (χ0v) is 2.82. The molecule has 0 fully saturated rings. The second-order valence-corrected chi connectivity index (χ2v) is 0. The molecule has 3 heteroatoms. The Hall–Kier alpha value is -0.0435. The van der Waals surface area contributed by atoms with Gasteiger partial charge in [-0.05, 0) is 0 Å². The Morgan fingerprint density at radius 3 is 1.25 bits per heavy atom. The molecule has 0 saturated carbocycles. The van der Waals surface area contributed by atoms with Crippen molar-refractivity contribution in [1.29, 1.82) is 5.26 Å². The SMILES string of the molecule is O.[C-]#N.[Co]. The Labute approximate surface area is 34.9 Å². The Kier molecular flexibility index (Phi) is 56500. The maximum atomic E-state index is 6.25. The number of hydrogen-bond acceptors (Lipinski definition) is 1. The average molecular weight is 103 g/mol. The van der Waals surface area contributed by atoms with Crippen LogP contribution in [0.1, 0.15) is 0 Å². The van der Waals surface area contributed by atoms with Gasteiger partial charge in [0, 0.05) is 16.8 Å². The van der Waals surface area contributed by atoms with Crippen LogP contribution >= 0.6 is 0 Å². The van der Waals surface area contributed by atoms with Crippen LogP contribution in [0.15, 0.2) is 0 Å². The Balaban J connectivity index is -0.00000000500. The van der Waals surface area contributed by atoms with Gasteiger partial charge >= 0.3 is 0 Å². The minimum Gasteiger partial charge on any atom is -0.512 e. The fourth-order valence-electron chi connectivity index (χ4n) is 0. The first-order valence-corrected chi connectivity index (χ1v) is 0.224. The zero-order valence-electron chi connectivity index (χ0n) is 1.78. The molecule has 0 saturated heterocycles. The van der Waals surface area contributed by atoms with Gasteiger partial charge in [0.25, 0.3) is 0 Å². The Bertz CT molecular complexity index is 12.8. The summed E-state index contributed by atoms with van der Waals surface area (Å²) in [6, 6.07) is 0. The van der Waals surface area contributed by atoms with E-state index in [0.29, 0.717) is 0 Å². The van der Waals surface area contributed by atoms with E-state index < -0.39 is 0 Å². The molecule has 0 amide bonds. The van der Waals surface area contributed by atoms with Crippen LogP contribution in [0.5, 0.6) is 0 Å². The van der Waals surface area contributed by atoms with Crippen LogP contribution in [0.2, 0.25) is 0 Å². The Morgan fingerprint density at radius 1 is 1.25 bits per heavy atom. The summed E-state index contributed by atoms with van der Waals surface area (Å²) in [7, 11) is 0. The van der Waals surface area contributed by atoms with E-state index in [1.807, 2.05) is 0 Å². The van der Waals surface area contributed by atoms with Gasteiger partial charge in [0.15, 0.2) is 0 Å². The van der Waals surface area contributed by atoms with Crippen molar-refractivity contribution in [2.45, 2.75) is 0 Å². The van der Waals surface area contributed by atoms with Gasteiger partial charge in [0.05, 0.1) is 0 Å². The summed E-state index contributed by atoms with van der Waals surface area (Å²) in [6.07, 6.45) is 0. The minimum absolute atomic E-state index is 0. The van der Waals surface area contributed by atoms with E-state index in [-0.39, 0.29) is 22.3 Å². The van der Waals surface area contributed by atoms with Crippen LogP contribution in [-0.4, -0.2) is 5.48 Å². The second kappa shape index (κ2) is 5980. The molecule has 0 bridgehead atoms. The van der Waals surface area contributed by atoms with Crippen molar-refractivity contribution in [2.24, 2.45) is 0 Å². The third-order valence-corrected chi connectivity index (χ3v) is 0. The summed E-state index contributed by atoms with van der Waals surface area (Å²) >= 11 is 0. The van der Waals surface area contributed by atoms with Crippen molar-refractivity contribution >= 4 is 0 Å². The molecule has 0 rings (SSSR count). The summed E-state index contributed by atoms with van der Waals surface area (Å²) in [5.74, 6) is 0. The third-order valence-electron chi connectivity index (χ3n) is 0. The van der Waals surface area contributed by atoms with Crippen molar-refractivity contribution in [3.05, 3.63) is 6.57 Å². The van der Waals surface area contributed by atoms with Gasteiger partial charge in [0.1, 0.15) is 0 Å². The van der Waals surface area contributed by atoms with Gasteiger partial charge in [-0.1, -0.05) is 0 Å². The van der Waals surface area contributed by atoms with Crippen LogP contribution in [-0.2, 0) is 16.8 Å². The molecule has 0 spiro atoms. The van der Waals surface area contributed by atoms with E-state index in [1.54, 1.807) is 0 Å². The fourth-order valence-corrected chi connectivity index (χ4v) is 0. The monoisotopic (exact) mass is 103 g/mol. The largest absolute Gasteiger partial charge is 0.512 e. The molecule has 0 aliphatic rings. The first-order chi connectivity index (χ1) is 1.00. The number of hydrogen-bond donors (Lipinski definition) is 0. The summed E-state index contributed by atoms with van der Waals surface area (Å²) < 4.78 is 0. The number of rotatable bonds is 0. The predicted molar refractivity (Wildman–Crippen MR) is 8.58 cm³/mol. The van der Waals surface area contributed by atoms with Crippen molar-refractivity contribution in [2.75, 3.05) is 0 Å². The first-order valence-electron chi connectivity index (χ1n) is 0.224. The molecule has 0 aliphatic carbocycles. The van der Waals surface area contributed by atoms with Crippen LogP contribution in [0.25, 0.3) is 0 Å². The molecule has 0 unspecified atom stereocenters. The van der Waals surface area contributed by atoms with Crippen LogP contribution in [0.3, 0.4) is 0 Å². The van der Waals surface area contributed by atoms with Gasteiger partial charge < -0.3 is 17.3 Å². The van der Waals surface area contributed by atoms with Gasteiger partial charge in [-0.15, -0.1) is 0 Å². The average Bonchev–Trinajstić information content (AvgIpc) is 1.00. The third kappa shape index (κ3) is 946. The van der Waals surface area contributed by atoms with Gasteiger partial charge in [0.2, 0.25) is 0 Å². The molecule has 0 aromatic carbocycles. The topological polar surface area (TPSA) is 55.3 Å². The molecule has 2 N–H and O–H groups in total. The summed E-state index contributed by atoms with van der Waals surface area (Å²) in [5.41, 5.74) is 0. The van der Waals surface area contributed by atoms with Crippen LogP contribution in [0, 0.1) is 11.8 Å². The molecule has 0 atom stereocenters. The number of nitrogens with zero attached hydrogens (tertiary/aromatic N) is 1. The smallest absolute Gasteiger partial charge is 0 e. The summed E-state index contributed by atoms with van der Waals surface area (Å²) in [6.45, 7) is 4.75. The standard InChI is InChI=1S/CN.Co.H2O/c1-2;;/h;;1H2/q-1;;. The normalized spacial score (nSPS) is 0.500. The van der Waals surface area contributed by atoms with E-state index in [9.17, 15) is 0 Å². The fraction of sp³-hybridized carbons (Fsp3) is 0. The van der Waals surface area contributed by atoms with Crippen molar-refractivity contribution < 1.29 is 22.3 Å².